The molecule has 38 heavy (non-hydrogen) atoms. The van der Waals surface area contributed by atoms with Gasteiger partial charge in [0.05, 0.1) is 31.8 Å². The van der Waals surface area contributed by atoms with E-state index in [0.29, 0.717) is 17.8 Å². The van der Waals surface area contributed by atoms with Gasteiger partial charge in [-0.25, -0.2) is 0 Å². The van der Waals surface area contributed by atoms with Crippen LogP contribution in [0.15, 0.2) is 42.5 Å². The van der Waals surface area contributed by atoms with Crippen LogP contribution in [0.3, 0.4) is 0 Å². The maximum atomic E-state index is 13.4. The number of esters is 1. The molecule has 9 heteroatoms. The Morgan fingerprint density at radius 1 is 1.00 bits per heavy atom. The normalized spacial score (nSPS) is 15.4. The quantitative estimate of drug-likeness (QED) is 0.346. The van der Waals surface area contributed by atoms with Crippen LogP contribution in [0.1, 0.15) is 47.7 Å². The third kappa shape index (κ3) is 7.79. The molecule has 2 aliphatic heterocycles. The molecule has 0 aliphatic carbocycles. The lowest BCUT2D eigenvalue weighted by molar-refractivity contribution is -0.144. The zero-order valence-corrected chi connectivity index (χ0v) is 22.2. The van der Waals surface area contributed by atoms with Crippen molar-refractivity contribution < 1.29 is 23.9 Å². The summed E-state index contributed by atoms with van der Waals surface area (Å²) in [6.45, 7) is 8.38. The molecule has 0 radical (unpaired) electrons. The van der Waals surface area contributed by atoms with E-state index < -0.39 is 5.97 Å². The third-order valence-corrected chi connectivity index (χ3v) is 6.90. The highest BCUT2D eigenvalue weighted by molar-refractivity contribution is 6.02. The number of carbonyl (C=O) groups excluding carboxylic acids is 3. The summed E-state index contributed by atoms with van der Waals surface area (Å²) in [5.41, 5.74) is 4.49. The molecule has 1 saturated heterocycles. The Hall–Kier alpha value is -3.43. The zero-order valence-electron chi connectivity index (χ0n) is 22.2. The summed E-state index contributed by atoms with van der Waals surface area (Å²) >= 11 is 0. The number of amides is 2. The number of fused-ring (bicyclic) bond motifs is 1. The van der Waals surface area contributed by atoms with Crippen molar-refractivity contribution in [3.05, 3.63) is 59.2 Å². The molecule has 0 unspecified atom stereocenters. The van der Waals surface area contributed by atoms with Crippen LogP contribution < -0.4 is 15.5 Å². The van der Waals surface area contributed by atoms with E-state index in [1.165, 1.54) is 11.1 Å². The van der Waals surface area contributed by atoms with Gasteiger partial charge in [-0.2, -0.15) is 0 Å². The lowest BCUT2D eigenvalue weighted by Crippen LogP contribution is -2.38. The highest BCUT2D eigenvalue weighted by Gasteiger charge is 2.22. The number of rotatable bonds is 11. The van der Waals surface area contributed by atoms with Gasteiger partial charge in [-0.3, -0.25) is 19.3 Å². The van der Waals surface area contributed by atoms with Gasteiger partial charge in [0, 0.05) is 50.5 Å². The topological polar surface area (TPSA) is 100 Å². The Balaban J connectivity index is 1.44. The first kappa shape index (κ1) is 27.6. The number of ether oxygens (including phenoxy) is 2. The number of hydrogen-bond acceptors (Lipinski definition) is 7. The molecule has 2 heterocycles. The average molecular weight is 523 g/mol. The molecule has 0 spiro atoms. The van der Waals surface area contributed by atoms with Crippen molar-refractivity contribution in [3.63, 3.8) is 0 Å². The predicted molar refractivity (Wildman–Crippen MR) is 146 cm³/mol. The van der Waals surface area contributed by atoms with Crippen LogP contribution in [-0.2, 0) is 32.0 Å². The highest BCUT2D eigenvalue weighted by Crippen LogP contribution is 2.29. The summed E-state index contributed by atoms with van der Waals surface area (Å²) < 4.78 is 10.3. The van der Waals surface area contributed by atoms with Gasteiger partial charge >= 0.3 is 5.97 Å². The summed E-state index contributed by atoms with van der Waals surface area (Å²) in [6.07, 6.45) is 1.79. The average Bonchev–Trinajstić information content (AvgIpc) is 2.94. The van der Waals surface area contributed by atoms with E-state index in [0.717, 1.165) is 64.5 Å². The number of nitrogens with zero attached hydrogens (tertiary/aromatic N) is 2. The molecule has 9 nitrogen and oxygen atoms in total. The number of morpholine rings is 1. The van der Waals surface area contributed by atoms with Crippen molar-refractivity contribution in [1.82, 2.24) is 10.2 Å². The molecule has 2 N–H and O–H groups in total. The monoisotopic (exact) mass is 522 g/mol. The van der Waals surface area contributed by atoms with E-state index in [2.05, 4.69) is 38.6 Å². The molecule has 2 amide bonds. The van der Waals surface area contributed by atoms with Crippen molar-refractivity contribution in [2.75, 3.05) is 62.8 Å². The van der Waals surface area contributed by atoms with E-state index in [1.54, 1.807) is 13.0 Å². The smallest absolute Gasteiger partial charge is 0.306 e. The Morgan fingerprint density at radius 3 is 2.58 bits per heavy atom. The second-order valence-electron chi connectivity index (χ2n) is 9.59. The number of carbonyl (C=O) groups is 3. The molecule has 2 aliphatic rings. The van der Waals surface area contributed by atoms with Gasteiger partial charge in [0.2, 0.25) is 5.91 Å². The van der Waals surface area contributed by atoms with Gasteiger partial charge in [0.15, 0.2) is 0 Å². The maximum absolute atomic E-state index is 13.4. The highest BCUT2D eigenvalue weighted by atomic mass is 16.5. The third-order valence-electron chi connectivity index (χ3n) is 6.90. The van der Waals surface area contributed by atoms with Crippen LogP contribution >= 0.6 is 0 Å². The lowest BCUT2D eigenvalue weighted by Gasteiger charge is -2.32. The van der Waals surface area contributed by atoms with Crippen LogP contribution in [0.2, 0.25) is 0 Å². The molecule has 0 aromatic heterocycles. The van der Waals surface area contributed by atoms with E-state index in [1.807, 2.05) is 18.2 Å². The van der Waals surface area contributed by atoms with Crippen molar-refractivity contribution in [3.8, 4) is 0 Å². The first-order valence-corrected chi connectivity index (χ1v) is 13.5. The standard InChI is InChI=1S/C29H38N4O5/c1-2-38-28(35)11-10-27(34)31-24-8-9-26(33-15-12-22-6-3-4-7-23(22)21-33)25(20-24)29(36)30-13-5-14-32-16-18-37-19-17-32/h3-4,6-9,20H,2,5,10-19,21H2,1H3,(H,30,36)(H,31,34). The van der Waals surface area contributed by atoms with E-state index in [4.69, 9.17) is 9.47 Å². The fourth-order valence-electron chi connectivity index (χ4n) is 4.87. The molecule has 0 saturated carbocycles. The van der Waals surface area contributed by atoms with Crippen molar-refractivity contribution >= 4 is 29.2 Å². The van der Waals surface area contributed by atoms with E-state index in [-0.39, 0.29) is 31.3 Å². The van der Waals surface area contributed by atoms with E-state index >= 15 is 0 Å². The first-order valence-electron chi connectivity index (χ1n) is 13.5. The molecule has 2 aromatic rings. The van der Waals surface area contributed by atoms with Gasteiger partial charge in [-0.1, -0.05) is 24.3 Å². The van der Waals surface area contributed by atoms with Crippen LogP contribution in [-0.4, -0.2) is 75.2 Å². The lowest BCUT2D eigenvalue weighted by atomic mass is 9.98. The second kappa shape index (κ2) is 13.9. The van der Waals surface area contributed by atoms with Crippen LogP contribution in [0.5, 0.6) is 0 Å². The van der Waals surface area contributed by atoms with Gasteiger partial charge in [-0.05, 0) is 55.6 Å². The Labute approximate surface area is 224 Å². The molecule has 204 valence electrons. The van der Waals surface area contributed by atoms with Crippen LogP contribution in [0.25, 0.3) is 0 Å². The minimum atomic E-state index is -0.402. The zero-order chi connectivity index (χ0) is 26.7. The van der Waals surface area contributed by atoms with Gasteiger partial charge in [0.25, 0.3) is 5.91 Å². The minimum Gasteiger partial charge on any atom is -0.466 e. The van der Waals surface area contributed by atoms with Gasteiger partial charge in [0.1, 0.15) is 0 Å². The molecular weight excluding hydrogens is 484 g/mol. The molecule has 4 rings (SSSR count). The van der Waals surface area contributed by atoms with Crippen molar-refractivity contribution in [2.45, 2.75) is 39.2 Å². The first-order chi connectivity index (χ1) is 18.5. The number of nitrogens with one attached hydrogen (secondary N) is 2. The number of hydrogen-bond donors (Lipinski definition) is 2. The minimum absolute atomic E-state index is 0.0153. The molecule has 0 bridgehead atoms. The van der Waals surface area contributed by atoms with Crippen molar-refractivity contribution in [2.24, 2.45) is 0 Å². The van der Waals surface area contributed by atoms with E-state index in [9.17, 15) is 14.4 Å². The SMILES string of the molecule is CCOC(=O)CCC(=O)Nc1ccc(N2CCc3ccccc3C2)c(C(=O)NCCCN2CCOCC2)c1. The summed E-state index contributed by atoms with van der Waals surface area (Å²) in [5, 5.41) is 5.90. The Morgan fingerprint density at radius 2 is 1.79 bits per heavy atom. The fraction of sp³-hybridized carbons (Fsp3) is 0.483. The van der Waals surface area contributed by atoms with Crippen molar-refractivity contribution in [1.29, 1.82) is 0 Å². The molecular formula is C29H38N4O5. The number of benzene rings is 2. The van der Waals surface area contributed by atoms with Crippen LogP contribution in [0.4, 0.5) is 11.4 Å². The summed E-state index contributed by atoms with van der Waals surface area (Å²) in [5.74, 6) is -0.862. The maximum Gasteiger partial charge on any atom is 0.306 e. The Bertz CT molecular complexity index is 1120. The molecule has 1 fully saturated rings. The summed E-state index contributed by atoms with van der Waals surface area (Å²) in [6, 6.07) is 13.8. The second-order valence-corrected chi connectivity index (χ2v) is 9.59. The predicted octanol–water partition coefficient (Wildman–Crippen LogP) is 2.98. The summed E-state index contributed by atoms with van der Waals surface area (Å²) in [4.78, 5) is 42.0. The largest absolute Gasteiger partial charge is 0.466 e. The van der Waals surface area contributed by atoms with Gasteiger partial charge in [-0.15, -0.1) is 0 Å². The van der Waals surface area contributed by atoms with Crippen LogP contribution in [0, 0.1) is 0 Å². The summed E-state index contributed by atoms with van der Waals surface area (Å²) in [7, 11) is 0. The fourth-order valence-corrected chi connectivity index (χ4v) is 4.87. The van der Waals surface area contributed by atoms with Gasteiger partial charge < -0.3 is 25.0 Å². The molecule has 2 aromatic carbocycles. The number of anilines is 2. The Kier molecular flexibility index (Phi) is 10.1. The molecule has 0 atom stereocenters.